The highest BCUT2D eigenvalue weighted by Gasteiger charge is 2.30. The SMILES string of the molecule is CCCCC/C=C\C/C=C\CCCCCCCC(=O)O[C@H](COC(=O)CCCCCCCCCCCCCCCCC)COP(=O)(O)OC[C@@H](O)COP(=O)(O)OC[C@@H](COC(=O)CCCCCCCCCCCCCCCCC)OC(=O)CCCCCCCCCCCCCCCCC. The molecule has 0 saturated heterocycles. The zero-order chi connectivity index (χ0) is 73.2. The molecule has 0 spiro atoms. The summed E-state index contributed by atoms with van der Waals surface area (Å²) in [5.74, 6) is -2.13. The molecule has 0 aliphatic carbocycles. The van der Waals surface area contributed by atoms with Crippen molar-refractivity contribution in [2.45, 2.75) is 431 Å². The van der Waals surface area contributed by atoms with Crippen LogP contribution in [0.1, 0.15) is 413 Å². The van der Waals surface area contributed by atoms with Crippen LogP contribution in [-0.4, -0.2) is 96.7 Å². The van der Waals surface area contributed by atoms with Crippen molar-refractivity contribution in [2.75, 3.05) is 39.6 Å². The summed E-state index contributed by atoms with van der Waals surface area (Å²) in [6.07, 6.45) is 69.9. The third-order valence-electron chi connectivity index (χ3n) is 18.4. The maximum atomic E-state index is 13.1. The largest absolute Gasteiger partial charge is 0.472 e. The van der Waals surface area contributed by atoms with Crippen molar-refractivity contribution in [1.82, 2.24) is 0 Å². The second-order valence-corrected chi connectivity index (χ2v) is 31.4. The van der Waals surface area contributed by atoms with Gasteiger partial charge in [-0.25, -0.2) is 9.13 Å². The lowest BCUT2D eigenvalue weighted by Crippen LogP contribution is -2.30. The van der Waals surface area contributed by atoms with Gasteiger partial charge in [0.2, 0.25) is 0 Å². The summed E-state index contributed by atoms with van der Waals surface area (Å²) in [5.41, 5.74) is 0. The average molecular weight is 1460 g/mol. The maximum absolute atomic E-state index is 13.1. The smallest absolute Gasteiger partial charge is 0.462 e. The number of aliphatic hydroxyl groups is 1. The molecule has 0 heterocycles. The zero-order valence-electron chi connectivity index (χ0n) is 64.7. The van der Waals surface area contributed by atoms with Crippen molar-refractivity contribution in [3.8, 4) is 0 Å². The summed E-state index contributed by atoms with van der Waals surface area (Å²) in [4.78, 5) is 73.1. The Morgan fingerprint density at radius 2 is 0.490 bits per heavy atom. The van der Waals surface area contributed by atoms with E-state index < -0.39 is 97.5 Å². The molecular weight excluding hydrogens is 1310 g/mol. The molecule has 100 heavy (non-hydrogen) atoms. The van der Waals surface area contributed by atoms with Gasteiger partial charge in [-0.15, -0.1) is 0 Å². The predicted octanol–water partition coefficient (Wildman–Crippen LogP) is 24.1. The summed E-state index contributed by atoms with van der Waals surface area (Å²) >= 11 is 0. The van der Waals surface area contributed by atoms with Gasteiger partial charge in [0, 0.05) is 25.7 Å². The van der Waals surface area contributed by atoms with Crippen molar-refractivity contribution in [2.24, 2.45) is 0 Å². The predicted molar refractivity (Wildman–Crippen MR) is 409 cm³/mol. The number of unbranched alkanes of at least 4 members (excludes halogenated alkanes) is 50. The number of phosphoric acid groups is 2. The molecule has 0 aromatic heterocycles. The normalized spacial score (nSPS) is 13.9. The van der Waals surface area contributed by atoms with E-state index in [9.17, 15) is 43.2 Å². The highest BCUT2D eigenvalue weighted by atomic mass is 31.2. The first-order valence-electron chi connectivity index (χ1n) is 41.6. The molecule has 17 nitrogen and oxygen atoms in total. The maximum Gasteiger partial charge on any atom is 0.472 e. The number of phosphoric ester groups is 2. The number of hydrogen-bond acceptors (Lipinski definition) is 15. The summed E-state index contributed by atoms with van der Waals surface area (Å²) in [6.45, 7) is 4.97. The van der Waals surface area contributed by atoms with Gasteiger partial charge in [0.15, 0.2) is 12.2 Å². The molecule has 0 bridgehead atoms. The van der Waals surface area contributed by atoms with E-state index >= 15 is 0 Å². The van der Waals surface area contributed by atoms with Crippen molar-refractivity contribution in [3.63, 3.8) is 0 Å². The van der Waals surface area contributed by atoms with Gasteiger partial charge in [0.25, 0.3) is 0 Å². The minimum absolute atomic E-state index is 0.0877. The molecule has 0 amide bonds. The molecule has 0 aromatic rings. The summed E-state index contributed by atoms with van der Waals surface area (Å²) in [5, 5.41) is 10.6. The summed E-state index contributed by atoms with van der Waals surface area (Å²) < 4.78 is 68.7. The van der Waals surface area contributed by atoms with Crippen LogP contribution >= 0.6 is 15.6 Å². The Morgan fingerprint density at radius 3 is 0.760 bits per heavy atom. The minimum Gasteiger partial charge on any atom is -0.462 e. The van der Waals surface area contributed by atoms with Crippen LogP contribution in [0.5, 0.6) is 0 Å². The zero-order valence-corrected chi connectivity index (χ0v) is 66.5. The van der Waals surface area contributed by atoms with Crippen LogP contribution in [0.25, 0.3) is 0 Å². The highest BCUT2D eigenvalue weighted by molar-refractivity contribution is 7.47. The third kappa shape index (κ3) is 73.8. The minimum atomic E-state index is -4.97. The van der Waals surface area contributed by atoms with Crippen LogP contribution in [0.2, 0.25) is 0 Å². The van der Waals surface area contributed by atoms with E-state index in [1.165, 1.54) is 225 Å². The van der Waals surface area contributed by atoms with E-state index in [4.69, 9.17) is 37.0 Å². The van der Waals surface area contributed by atoms with Gasteiger partial charge in [-0.2, -0.15) is 0 Å². The van der Waals surface area contributed by atoms with Gasteiger partial charge in [0.05, 0.1) is 26.4 Å². The molecule has 0 aliphatic rings. The first kappa shape index (κ1) is 97.5. The second kappa shape index (κ2) is 74.8. The molecule has 5 atom stereocenters. The lowest BCUT2D eigenvalue weighted by Gasteiger charge is -2.21. The number of esters is 4. The number of carbonyl (C=O) groups excluding carboxylic acids is 4. The Morgan fingerprint density at radius 1 is 0.280 bits per heavy atom. The van der Waals surface area contributed by atoms with Gasteiger partial charge in [-0.1, -0.05) is 354 Å². The van der Waals surface area contributed by atoms with E-state index in [1.807, 2.05) is 0 Å². The number of aliphatic hydroxyl groups excluding tert-OH is 1. The Kier molecular flexibility index (Phi) is 73.0. The topological polar surface area (TPSA) is 237 Å². The molecular formula is C81H154O17P2. The number of allylic oxidation sites excluding steroid dienone is 4. The third-order valence-corrected chi connectivity index (χ3v) is 20.4. The van der Waals surface area contributed by atoms with Crippen LogP contribution in [0.15, 0.2) is 24.3 Å². The van der Waals surface area contributed by atoms with Gasteiger partial charge in [-0.3, -0.25) is 37.3 Å². The van der Waals surface area contributed by atoms with Crippen molar-refractivity contribution >= 4 is 39.5 Å². The lowest BCUT2D eigenvalue weighted by molar-refractivity contribution is -0.161. The number of carbonyl (C=O) groups is 4. The fraction of sp³-hybridized carbons (Fsp3) is 0.901. The summed E-state index contributed by atoms with van der Waals surface area (Å²) in [7, 11) is -9.93. The summed E-state index contributed by atoms with van der Waals surface area (Å²) in [6, 6.07) is 0. The molecule has 0 aromatic carbocycles. The molecule has 0 rings (SSSR count). The van der Waals surface area contributed by atoms with Gasteiger partial charge >= 0.3 is 39.5 Å². The lowest BCUT2D eigenvalue weighted by atomic mass is 10.0. The van der Waals surface area contributed by atoms with E-state index in [1.54, 1.807) is 0 Å². The van der Waals surface area contributed by atoms with Gasteiger partial charge in [-0.05, 0) is 57.8 Å². The van der Waals surface area contributed by atoms with E-state index in [-0.39, 0.29) is 25.7 Å². The van der Waals surface area contributed by atoms with E-state index in [0.29, 0.717) is 25.7 Å². The Labute approximate surface area is 612 Å². The molecule has 0 aliphatic heterocycles. The molecule has 590 valence electrons. The van der Waals surface area contributed by atoms with Gasteiger partial charge < -0.3 is 33.8 Å². The number of ether oxygens (including phenoxy) is 4. The van der Waals surface area contributed by atoms with E-state index in [0.717, 1.165) is 109 Å². The van der Waals surface area contributed by atoms with E-state index in [2.05, 4.69) is 52.0 Å². The highest BCUT2D eigenvalue weighted by Crippen LogP contribution is 2.45. The fourth-order valence-electron chi connectivity index (χ4n) is 12.1. The van der Waals surface area contributed by atoms with Crippen LogP contribution in [0.4, 0.5) is 0 Å². The first-order chi connectivity index (χ1) is 48.7. The van der Waals surface area contributed by atoms with Crippen LogP contribution in [0, 0.1) is 0 Å². The van der Waals surface area contributed by atoms with Crippen molar-refractivity contribution < 1.29 is 80.2 Å². The number of hydrogen-bond donors (Lipinski definition) is 3. The quantitative estimate of drug-likeness (QED) is 0.0169. The van der Waals surface area contributed by atoms with Crippen molar-refractivity contribution in [1.29, 1.82) is 0 Å². The second-order valence-electron chi connectivity index (χ2n) is 28.4. The standard InChI is InChI=1S/C81H154O17P2/c1-5-9-13-17-21-25-29-33-37-41-45-49-53-57-61-65-78(83)91-71-76(97-80(85)67-63-59-55-51-47-43-39-35-31-27-23-19-15-11-7-3)73-95-99(87,88)93-69-75(82)70-94-100(89,90)96-74-77(98-81(86)68-64-60-56-52-48-44-40-36-32-28-24-20-16-12-8-4)72-92-79(84)66-62-58-54-50-46-42-38-34-30-26-22-18-14-10-6-2/h23,27,35,39,75-77,82H,5-22,24-26,28-34,36-38,40-74H2,1-4H3,(H,87,88)(H,89,90)/b27-23-,39-35-/t75-,76-,77-/m1/s1. The van der Waals surface area contributed by atoms with Gasteiger partial charge in [0.1, 0.15) is 19.3 Å². The molecule has 0 saturated carbocycles. The Balaban J connectivity index is 5.30. The average Bonchev–Trinajstić information content (AvgIpc) is 1.25. The molecule has 2 unspecified atom stereocenters. The Bertz CT molecular complexity index is 1990. The molecule has 0 fully saturated rings. The monoisotopic (exact) mass is 1460 g/mol. The molecule has 0 radical (unpaired) electrons. The molecule has 3 N–H and O–H groups in total. The number of rotatable bonds is 80. The van der Waals surface area contributed by atoms with Crippen molar-refractivity contribution in [3.05, 3.63) is 24.3 Å². The first-order valence-corrected chi connectivity index (χ1v) is 44.6. The van der Waals surface area contributed by atoms with Crippen LogP contribution in [0.3, 0.4) is 0 Å². The Hall–Kier alpha value is -2.46. The van der Waals surface area contributed by atoms with Crippen LogP contribution in [-0.2, 0) is 65.4 Å². The van der Waals surface area contributed by atoms with Crippen LogP contribution < -0.4 is 0 Å². The fourth-order valence-corrected chi connectivity index (χ4v) is 13.7. The molecule has 19 heteroatoms.